The summed E-state index contributed by atoms with van der Waals surface area (Å²) < 4.78 is 0. The number of rotatable bonds is 2. The van der Waals surface area contributed by atoms with E-state index in [1.165, 1.54) is 50.5 Å². The topological polar surface area (TPSA) is 12.9 Å². The van der Waals surface area contributed by atoms with E-state index in [0.29, 0.717) is 16.2 Å². The van der Waals surface area contributed by atoms with Gasteiger partial charge in [0.25, 0.3) is 0 Å². The fraction of sp³-hybridized carbons (Fsp3) is 0.679. The van der Waals surface area contributed by atoms with Crippen molar-refractivity contribution in [3.8, 4) is 0 Å². The molecule has 1 heteroatoms. The highest BCUT2D eigenvalue weighted by atomic mass is 14.7. The van der Waals surface area contributed by atoms with E-state index in [9.17, 15) is 0 Å². The van der Waals surface area contributed by atoms with E-state index in [1.807, 2.05) is 11.8 Å². The molecule has 1 heterocycles. The number of aromatic nitrogens is 1. The normalized spacial score (nSPS) is 43.9. The zero-order valence-electron chi connectivity index (χ0n) is 19.2. The van der Waals surface area contributed by atoms with E-state index in [1.54, 1.807) is 5.57 Å². The molecule has 2 saturated carbocycles. The van der Waals surface area contributed by atoms with Crippen LogP contribution in [0.4, 0.5) is 0 Å². The number of hydrogen-bond donors (Lipinski definition) is 0. The van der Waals surface area contributed by atoms with Crippen LogP contribution >= 0.6 is 0 Å². The second-order valence-electron chi connectivity index (χ2n) is 11.8. The zero-order chi connectivity index (χ0) is 20.4. The molecule has 1 nitrogen and oxygen atoms in total. The van der Waals surface area contributed by atoms with Crippen molar-refractivity contribution in [3.05, 3.63) is 47.8 Å². The fourth-order valence-corrected chi connectivity index (χ4v) is 8.43. The number of hydrogen-bond acceptors (Lipinski definition) is 1. The van der Waals surface area contributed by atoms with Crippen molar-refractivity contribution in [2.45, 2.75) is 79.6 Å². The summed E-state index contributed by atoms with van der Waals surface area (Å²) in [6, 6.07) is 4.37. The van der Waals surface area contributed by atoms with Gasteiger partial charge in [-0.05, 0) is 102 Å². The third-order valence-electron chi connectivity index (χ3n) is 10.2. The van der Waals surface area contributed by atoms with Crippen LogP contribution in [-0.4, -0.2) is 4.98 Å². The molecule has 0 bridgehead atoms. The Morgan fingerprint density at radius 3 is 2.52 bits per heavy atom. The van der Waals surface area contributed by atoms with Gasteiger partial charge in [-0.2, -0.15) is 0 Å². The van der Waals surface area contributed by atoms with Crippen LogP contribution in [0.1, 0.15) is 85.1 Å². The molecule has 0 spiro atoms. The van der Waals surface area contributed by atoms with Gasteiger partial charge in [-0.25, -0.2) is 0 Å². The summed E-state index contributed by atoms with van der Waals surface area (Å²) in [6.45, 7) is 12.7. The molecule has 4 aliphatic rings. The van der Waals surface area contributed by atoms with Crippen molar-refractivity contribution >= 4 is 5.57 Å². The second kappa shape index (κ2) is 6.56. The van der Waals surface area contributed by atoms with Crippen LogP contribution in [0.3, 0.4) is 0 Å². The van der Waals surface area contributed by atoms with Gasteiger partial charge in [-0.15, -0.1) is 0 Å². The van der Waals surface area contributed by atoms with Crippen molar-refractivity contribution < 1.29 is 0 Å². The minimum atomic E-state index is 0.311. The molecule has 156 valence electrons. The minimum Gasteiger partial charge on any atom is -0.264 e. The molecule has 5 rings (SSSR count). The lowest BCUT2D eigenvalue weighted by atomic mass is 9.41. The van der Waals surface area contributed by atoms with Crippen LogP contribution in [-0.2, 0) is 0 Å². The maximum Gasteiger partial charge on any atom is 0.0343 e. The summed E-state index contributed by atoms with van der Waals surface area (Å²) in [5.41, 5.74) is 5.94. The van der Waals surface area contributed by atoms with E-state index in [4.69, 9.17) is 0 Å². The molecule has 1 aromatic heterocycles. The predicted octanol–water partition coefficient (Wildman–Crippen LogP) is 7.70. The van der Waals surface area contributed by atoms with Crippen molar-refractivity contribution in [1.29, 1.82) is 0 Å². The van der Waals surface area contributed by atoms with Crippen LogP contribution in [0.25, 0.3) is 5.57 Å². The number of pyridine rings is 1. The Morgan fingerprint density at radius 2 is 1.79 bits per heavy atom. The van der Waals surface area contributed by atoms with Gasteiger partial charge in [-0.1, -0.05) is 58.4 Å². The summed E-state index contributed by atoms with van der Waals surface area (Å²) in [5, 5.41) is 0. The monoisotopic (exact) mass is 389 g/mol. The van der Waals surface area contributed by atoms with Gasteiger partial charge in [-0.3, -0.25) is 4.98 Å². The lowest BCUT2D eigenvalue weighted by molar-refractivity contribution is -0.0847. The van der Waals surface area contributed by atoms with Crippen LogP contribution < -0.4 is 0 Å². The molecular formula is C28H39N. The van der Waals surface area contributed by atoms with E-state index in [2.05, 4.69) is 70.1 Å². The highest BCUT2D eigenvalue weighted by Crippen LogP contribution is 2.71. The summed E-state index contributed by atoms with van der Waals surface area (Å²) >= 11 is 0. The van der Waals surface area contributed by atoms with Gasteiger partial charge in [0.05, 0.1) is 0 Å². The Morgan fingerprint density at radius 1 is 1.00 bits per heavy atom. The average Bonchev–Trinajstić information content (AvgIpc) is 3.06. The van der Waals surface area contributed by atoms with E-state index >= 15 is 0 Å². The van der Waals surface area contributed by atoms with Gasteiger partial charge in [0, 0.05) is 12.4 Å². The lowest BCUT2D eigenvalue weighted by Gasteiger charge is -2.63. The van der Waals surface area contributed by atoms with Crippen LogP contribution in [0.15, 0.2) is 42.3 Å². The van der Waals surface area contributed by atoms with Gasteiger partial charge in [0.2, 0.25) is 0 Å². The fourth-order valence-electron chi connectivity index (χ4n) is 8.43. The van der Waals surface area contributed by atoms with Gasteiger partial charge in [0.1, 0.15) is 0 Å². The Kier molecular flexibility index (Phi) is 4.43. The van der Waals surface area contributed by atoms with Crippen LogP contribution in [0.2, 0.25) is 0 Å². The van der Waals surface area contributed by atoms with Crippen LogP contribution in [0.5, 0.6) is 0 Å². The van der Waals surface area contributed by atoms with E-state index in [-0.39, 0.29) is 0 Å². The number of fused-ring (bicyclic) bond motifs is 5. The smallest absolute Gasteiger partial charge is 0.0343 e. The lowest BCUT2D eigenvalue weighted by Crippen LogP contribution is -2.55. The summed E-state index contributed by atoms with van der Waals surface area (Å²) in [5.74, 6) is 3.34. The van der Waals surface area contributed by atoms with Gasteiger partial charge < -0.3 is 0 Å². The van der Waals surface area contributed by atoms with E-state index in [0.717, 1.165) is 23.7 Å². The summed E-state index contributed by atoms with van der Waals surface area (Å²) in [6.07, 6.45) is 18.8. The molecule has 0 amide bonds. The molecule has 1 unspecified atom stereocenters. The first-order chi connectivity index (χ1) is 13.8. The zero-order valence-corrected chi connectivity index (χ0v) is 19.2. The minimum absolute atomic E-state index is 0.311. The Bertz CT molecular complexity index is 848. The van der Waals surface area contributed by atoms with Crippen molar-refractivity contribution in [1.82, 2.24) is 4.98 Å². The van der Waals surface area contributed by atoms with Gasteiger partial charge >= 0.3 is 0 Å². The standard InChI is InChI=1S/C28H39N/c1-19(2)20-10-13-26(3)22(17-20)11-14-28(5)24-9-8-23(21-7-6-16-29-18-21)27(24,4)15-12-25(26)28/h6-8,11,16,18-20,24-25H,9-10,12-15,17H2,1-5H3/t20?,24-,25-,26+,27-,28+/m1/s1. The van der Waals surface area contributed by atoms with Crippen LogP contribution in [0, 0.1) is 39.9 Å². The SMILES string of the molecule is CC(C)C1CC[C@@]2(C)C(=CC[C@]3(C)[C@@H]2CC[C@]2(C)C(c4cccnc4)=CC[C@@H]32)C1. The Hall–Kier alpha value is -1.37. The molecule has 0 N–H and O–H groups in total. The van der Waals surface area contributed by atoms with E-state index < -0.39 is 0 Å². The molecule has 6 atom stereocenters. The predicted molar refractivity (Wildman–Crippen MR) is 122 cm³/mol. The number of nitrogens with zero attached hydrogens (tertiary/aromatic N) is 1. The van der Waals surface area contributed by atoms with Crippen molar-refractivity contribution in [2.24, 2.45) is 39.9 Å². The second-order valence-corrected chi connectivity index (χ2v) is 11.8. The molecule has 4 aliphatic carbocycles. The number of allylic oxidation sites excluding steroid dienone is 4. The highest BCUT2D eigenvalue weighted by Gasteiger charge is 2.62. The third-order valence-corrected chi connectivity index (χ3v) is 10.2. The molecular weight excluding hydrogens is 350 g/mol. The molecule has 29 heavy (non-hydrogen) atoms. The Labute approximate surface area is 178 Å². The first kappa shape index (κ1) is 19.6. The molecule has 0 radical (unpaired) electrons. The highest BCUT2D eigenvalue weighted by molar-refractivity contribution is 5.72. The largest absolute Gasteiger partial charge is 0.264 e. The molecule has 0 saturated heterocycles. The van der Waals surface area contributed by atoms with Gasteiger partial charge in [0.15, 0.2) is 0 Å². The molecule has 0 aromatic carbocycles. The molecule has 2 fully saturated rings. The summed E-state index contributed by atoms with van der Waals surface area (Å²) in [7, 11) is 0. The molecule has 1 aromatic rings. The maximum atomic E-state index is 4.43. The third kappa shape index (κ3) is 2.68. The van der Waals surface area contributed by atoms with Crippen molar-refractivity contribution in [2.75, 3.05) is 0 Å². The molecule has 0 aliphatic heterocycles. The summed E-state index contributed by atoms with van der Waals surface area (Å²) in [4.78, 5) is 4.43. The Balaban J connectivity index is 1.49. The first-order valence-electron chi connectivity index (χ1n) is 12.1. The first-order valence-corrected chi connectivity index (χ1v) is 12.1. The maximum absolute atomic E-state index is 4.43. The quantitative estimate of drug-likeness (QED) is 0.472. The van der Waals surface area contributed by atoms with Crippen molar-refractivity contribution in [3.63, 3.8) is 0 Å². The average molecular weight is 390 g/mol.